The molecule has 2 rings (SSSR count). The number of hydrogen-bond donors (Lipinski definition) is 2. The van der Waals surface area contributed by atoms with Crippen molar-refractivity contribution >= 4 is 82.7 Å². The van der Waals surface area contributed by atoms with Gasteiger partial charge in [-0.25, -0.2) is 0 Å². The summed E-state index contributed by atoms with van der Waals surface area (Å²) in [6.07, 6.45) is 5.11. The Balaban J connectivity index is 2.03. The summed E-state index contributed by atoms with van der Waals surface area (Å²) < 4.78 is -1.51. The molecule has 0 aromatic carbocycles. The Kier molecular flexibility index (Phi) is 4.30. The predicted molar refractivity (Wildman–Crippen MR) is 100 cm³/mol. The summed E-state index contributed by atoms with van der Waals surface area (Å²) in [6, 6.07) is 0. The summed E-state index contributed by atoms with van der Waals surface area (Å²) in [6.45, 7) is 0. The van der Waals surface area contributed by atoms with Crippen molar-refractivity contribution in [1.82, 2.24) is 0 Å². The van der Waals surface area contributed by atoms with E-state index < -0.39 is -2.15 Å². The van der Waals surface area contributed by atoms with Crippen molar-refractivity contribution in [2.45, 2.75) is 37.0 Å². The molecule has 0 aromatic rings. The lowest BCUT2D eigenvalue weighted by molar-refractivity contribution is -0.0286. The molecule has 0 spiro atoms. The zero-order valence-corrected chi connectivity index (χ0v) is 17.1. The second-order valence-corrected chi connectivity index (χ2v) is 63.9. The third kappa shape index (κ3) is 2.79. The fourth-order valence-electron chi connectivity index (χ4n) is 2.50. The Bertz CT molecular complexity index is 242. The van der Waals surface area contributed by atoms with Gasteiger partial charge in [-0.05, 0) is 122 Å². The van der Waals surface area contributed by atoms with Crippen LogP contribution in [0.4, 0.5) is 0 Å². The molecule has 86 valence electrons. The highest BCUT2D eigenvalue weighted by molar-refractivity contribution is 14.6. The third-order valence-corrected chi connectivity index (χ3v) is 13.9. The Morgan fingerprint density at radius 2 is 1.43 bits per heavy atom. The lowest BCUT2D eigenvalue weighted by Gasteiger charge is -2.59. The van der Waals surface area contributed by atoms with Crippen molar-refractivity contribution in [3.63, 3.8) is 0 Å². The first-order chi connectivity index (χ1) is 6.26. The monoisotopic (exact) mass is 666 g/mol. The number of rotatable bonds is 2. The van der Waals surface area contributed by atoms with Gasteiger partial charge in [0.25, 0.3) is 0 Å². The Hall–Kier alpha value is 3.23. The van der Waals surface area contributed by atoms with Gasteiger partial charge in [0.2, 0.25) is 0 Å². The van der Waals surface area contributed by atoms with E-state index in [4.69, 9.17) is 0 Å². The standard InChI is InChI=1S/C8H14I4OS/c9-14(10,11,12)8-4-2-6(8)5-1-3-7(5)13/h5-8,13-14H,1-4H2/t5-,6?,7?,8?/m1/s1. The molecule has 2 saturated carbocycles. The van der Waals surface area contributed by atoms with Gasteiger partial charge < -0.3 is 5.11 Å². The van der Waals surface area contributed by atoms with Crippen molar-refractivity contribution in [3.05, 3.63) is 0 Å². The topological polar surface area (TPSA) is 20.2 Å². The highest BCUT2D eigenvalue weighted by Gasteiger charge is 2.53. The minimum atomic E-state index is -1.51. The van der Waals surface area contributed by atoms with E-state index in [9.17, 15) is 5.11 Å². The van der Waals surface area contributed by atoms with Gasteiger partial charge in [0.15, 0.2) is 0 Å². The molecule has 0 heterocycles. The van der Waals surface area contributed by atoms with Gasteiger partial charge in [0.1, 0.15) is 0 Å². The molecular weight excluding hydrogens is 652 g/mol. The van der Waals surface area contributed by atoms with Gasteiger partial charge in [-0.2, -0.15) is 0 Å². The lowest BCUT2D eigenvalue weighted by Crippen LogP contribution is -2.47. The summed E-state index contributed by atoms with van der Waals surface area (Å²) in [4.78, 5) is 0. The minimum Gasteiger partial charge on any atom is -0.393 e. The molecule has 0 saturated heterocycles. The Labute approximate surface area is 134 Å². The maximum Gasteiger partial charge on any atom is 0.0571 e. The smallest absolute Gasteiger partial charge is 0.0571 e. The van der Waals surface area contributed by atoms with Crippen molar-refractivity contribution in [2.75, 3.05) is 0 Å². The van der Waals surface area contributed by atoms with Crippen LogP contribution >= 0.6 is 82.7 Å². The van der Waals surface area contributed by atoms with Gasteiger partial charge in [-0.1, -0.05) is 0 Å². The number of halogens is 4. The molecule has 4 atom stereocenters. The van der Waals surface area contributed by atoms with Gasteiger partial charge in [-0.15, -0.1) is -2.15 Å². The Morgan fingerprint density at radius 3 is 1.64 bits per heavy atom. The first-order valence-corrected chi connectivity index (χ1v) is 18.3. The minimum absolute atomic E-state index is 0.0295. The second kappa shape index (κ2) is 4.41. The Morgan fingerprint density at radius 1 is 0.857 bits per heavy atom. The van der Waals surface area contributed by atoms with Crippen LogP contribution in [-0.4, -0.2) is 16.5 Å². The molecule has 0 aliphatic heterocycles. The molecule has 6 heteroatoms. The summed E-state index contributed by atoms with van der Waals surface area (Å²) in [7, 11) is 0. The van der Waals surface area contributed by atoms with Crippen LogP contribution in [0.2, 0.25) is 0 Å². The maximum atomic E-state index is 9.72. The molecule has 0 amide bonds. The van der Waals surface area contributed by atoms with Crippen LogP contribution in [0.25, 0.3) is 0 Å². The molecule has 1 nitrogen and oxygen atoms in total. The average molecular weight is 666 g/mol. The first-order valence-electron chi connectivity index (χ1n) is 4.83. The van der Waals surface area contributed by atoms with E-state index in [-0.39, 0.29) is 6.10 Å². The van der Waals surface area contributed by atoms with E-state index in [0.29, 0.717) is 5.92 Å². The third-order valence-electron chi connectivity index (χ3n) is 3.63. The predicted octanol–water partition coefficient (Wildman–Crippen LogP) is 5.01. The fourth-order valence-corrected chi connectivity index (χ4v) is 12.3. The van der Waals surface area contributed by atoms with E-state index in [1.165, 1.54) is 19.3 Å². The highest BCUT2D eigenvalue weighted by Crippen LogP contribution is 3.00. The maximum absolute atomic E-state index is 9.72. The van der Waals surface area contributed by atoms with Crippen molar-refractivity contribution in [3.8, 4) is 0 Å². The zero-order chi connectivity index (χ0) is 10.6. The molecule has 3 unspecified atom stereocenters. The van der Waals surface area contributed by atoms with Crippen molar-refractivity contribution in [1.29, 1.82) is 0 Å². The highest BCUT2D eigenvalue weighted by atomic mass is 127. The molecule has 2 aliphatic carbocycles. The van der Waals surface area contributed by atoms with Crippen LogP contribution in [0, 0.1) is 11.8 Å². The first kappa shape index (κ1) is 13.7. The lowest BCUT2D eigenvalue weighted by atomic mass is 9.65. The van der Waals surface area contributed by atoms with Gasteiger partial charge in [0, 0.05) is 5.25 Å². The molecular formula is C8H14I4OS. The van der Waals surface area contributed by atoms with Gasteiger partial charge in [0.05, 0.1) is 6.10 Å². The average Bonchev–Trinajstić information content (AvgIpc) is 1.89. The molecule has 1 N–H and O–H groups in total. The van der Waals surface area contributed by atoms with Crippen LogP contribution in [0.15, 0.2) is 0 Å². The number of thiol groups is 1. The van der Waals surface area contributed by atoms with Crippen LogP contribution in [0.3, 0.4) is 0 Å². The van der Waals surface area contributed by atoms with Crippen LogP contribution in [0.1, 0.15) is 25.7 Å². The molecule has 2 aliphatic rings. The quantitative estimate of drug-likeness (QED) is 0.314. The summed E-state index contributed by atoms with van der Waals surface area (Å²) in [5, 5.41) is 10.6. The molecule has 14 heavy (non-hydrogen) atoms. The van der Waals surface area contributed by atoms with E-state index in [1.807, 2.05) is 0 Å². The number of aliphatic hydroxyl groups is 1. The molecule has 2 fully saturated rings. The van der Waals surface area contributed by atoms with Crippen LogP contribution < -0.4 is 0 Å². The van der Waals surface area contributed by atoms with Crippen molar-refractivity contribution in [2.24, 2.45) is 11.8 Å². The van der Waals surface area contributed by atoms with E-state index in [1.54, 1.807) is 0 Å². The van der Waals surface area contributed by atoms with E-state index >= 15 is 0 Å². The molecule has 0 radical (unpaired) electrons. The number of aliphatic hydroxyl groups excluding tert-OH is 1. The van der Waals surface area contributed by atoms with Crippen LogP contribution in [-0.2, 0) is 0 Å². The van der Waals surface area contributed by atoms with E-state index in [2.05, 4.69) is 84.8 Å². The number of hydrogen-bond acceptors (Lipinski definition) is 1. The SMILES string of the molecule is OC1CC[C@@H]1C1CCC1[SH](I)(I)(I)I. The van der Waals surface area contributed by atoms with E-state index in [0.717, 1.165) is 17.6 Å². The normalized spacial score (nSPS) is 45.9. The summed E-state index contributed by atoms with van der Waals surface area (Å²) in [5.74, 6) is 1.48. The largest absolute Gasteiger partial charge is 0.393 e. The summed E-state index contributed by atoms with van der Waals surface area (Å²) in [5.41, 5.74) is 0. The second-order valence-electron chi connectivity index (χ2n) is 4.39. The summed E-state index contributed by atoms with van der Waals surface area (Å²) >= 11 is 10.8. The molecule has 0 bridgehead atoms. The van der Waals surface area contributed by atoms with Crippen molar-refractivity contribution < 1.29 is 5.11 Å². The fraction of sp³-hybridized carbons (Fsp3) is 1.00. The van der Waals surface area contributed by atoms with Gasteiger partial charge in [-0.3, -0.25) is 0 Å². The van der Waals surface area contributed by atoms with Gasteiger partial charge >= 0.3 is 0 Å². The zero-order valence-electron chi connectivity index (χ0n) is 7.54. The van der Waals surface area contributed by atoms with Crippen LogP contribution in [0.5, 0.6) is 0 Å². The molecule has 0 aromatic heterocycles.